The number of amides is 1. The number of carbonyl (C=O) groups excluding carboxylic acids is 1. The number of aromatic nitrogens is 3. The van der Waals surface area contributed by atoms with Crippen LogP contribution in [0.3, 0.4) is 0 Å². The quantitative estimate of drug-likeness (QED) is 0.398. The number of aliphatic hydroxyl groups is 1. The van der Waals surface area contributed by atoms with Gasteiger partial charge in [0.05, 0.1) is 29.8 Å². The molecule has 0 fully saturated rings. The first-order valence-electron chi connectivity index (χ1n) is 12.5. The molecule has 0 aliphatic heterocycles. The van der Waals surface area contributed by atoms with Crippen LogP contribution in [-0.4, -0.2) is 56.0 Å². The van der Waals surface area contributed by atoms with Crippen molar-refractivity contribution in [3.8, 4) is 17.5 Å². The van der Waals surface area contributed by atoms with Gasteiger partial charge in [-0.2, -0.15) is 10.4 Å². The third-order valence-electron chi connectivity index (χ3n) is 6.21. The lowest BCUT2D eigenvalue weighted by Gasteiger charge is -2.40. The van der Waals surface area contributed by atoms with Crippen molar-refractivity contribution in [2.24, 2.45) is 11.1 Å². The number of benzene rings is 2. The van der Waals surface area contributed by atoms with Gasteiger partial charge in [-0.3, -0.25) is 4.79 Å². The normalized spacial score (nSPS) is 13.9. The first kappa shape index (κ1) is 29.8. The molecule has 1 amide bonds. The van der Waals surface area contributed by atoms with Crippen LogP contribution in [-0.2, 0) is 11.3 Å². The number of alkyl halides is 1. The first-order valence-corrected chi connectivity index (χ1v) is 12.5. The van der Waals surface area contributed by atoms with Crippen LogP contribution in [0.4, 0.5) is 13.2 Å². The molecule has 8 nitrogen and oxygen atoms in total. The molecule has 1 aromatic heterocycles. The molecule has 1 heterocycles. The van der Waals surface area contributed by atoms with E-state index in [1.807, 2.05) is 20.8 Å². The van der Waals surface area contributed by atoms with Gasteiger partial charge in [-0.1, -0.05) is 32.9 Å². The van der Waals surface area contributed by atoms with Crippen molar-refractivity contribution < 1.29 is 23.1 Å². The fourth-order valence-corrected chi connectivity index (χ4v) is 4.35. The number of nitrogens with two attached hydrogens (primary N) is 1. The van der Waals surface area contributed by atoms with E-state index in [9.17, 15) is 28.3 Å². The smallest absolute Gasteiger partial charge is 0.251 e. The molecule has 11 heteroatoms. The Balaban J connectivity index is 2.24. The lowest BCUT2D eigenvalue weighted by atomic mass is 9.84. The predicted octanol–water partition coefficient (Wildman–Crippen LogP) is 4.13. The number of hydrogen-bond acceptors (Lipinski definition) is 6. The molecule has 0 spiro atoms. The maximum atomic E-state index is 14.8. The van der Waals surface area contributed by atoms with E-state index in [0.29, 0.717) is 11.1 Å². The third kappa shape index (κ3) is 7.22. The molecule has 0 aliphatic carbocycles. The van der Waals surface area contributed by atoms with Gasteiger partial charge >= 0.3 is 0 Å². The highest BCUT2D eigenvalue weighted by Crippen LogP contribution is 2.39. The van der Waals surface area contributed by atoms with Crippen LogP contribution < -0.4 is 5.73 Å². The fraction of sp³-hybridized carbons (Fsp3) is 0.429. The summed E-state index contributed by atoms with van der Waals surface area (Å²) in [4.78, 5) is 19.3. The molecule has 208 valence electrons. The summed E-state index contributed by atoms with van der Waals surface area (Å²) < 4.78 is 43.5. The molecule has 3 rings (SSSR count). The van der Waals surface area contributed by atoms with Crippen LogP contribution >= 0.6 is 0 Å². The van der Waals surface area contributed by atoms with Crippen molar-refractivity contribution in [2.75, 3.05) is 13.2 Å². The number of aliphatic hydroxyl groups excluding tert-OH is 1. The van der Waals surface area contributed by atoms with Crippen LogP contribution in [0.15, 0.2) is 42.5 Å². The van der Waals surface area contributed by atoms with Gasteiger partial charge in [-0.05, 0) is 54.7 Å². The molecule has 1 unspecified atom stereocenters. The Morgan fingerprint density at radius 1 is 1.23 bits per heavy atom. The van der Waals surface area contributed by atoms with E-state index in [4.69, 9.17) is 5.73 Å². The Morgan fingerprint density at radius 2 is 1.95 bits per heavy atom. The van der Waals surface area contributed by atoms with Gasteiger partial charge in [0.1, 0.15) is 24.4 Å². The first-order chi connectivity index (χ1) is 18.3. The van der Waals surface area contributed by atoms with E-state index >= 15 is 0 Å². The number of rotatable bonds is 10. The molecular formula is C28H33F3N6O2. The van der Waals surface area contributed by atoms with E-state index in [-0.39, 0.29) is 36.7 Å². The van der Waals surface area contributed by atoms with Gasteiger partial charge < -0.3 is 15.7 Å². The van der Waals surface area contributed by atoms with Gasteiger partial charge in [0.25, 0.3) is 5.91 Å². The van der Waals surface area contributed by atoms with Gasteiger partial charge in [0.2, 0.25) is 0 Å². The summed E-state index contributed by atoms with van der Waals surface area (Å²) in [7, 11) is 0. The van der Waals surface area contributed by atoms with E-state index in [1.54, 1.807) is 24.3 Å². The Hall–Kier alpha value is -3.75. The van der Waals surface area contributed by atoms with Crippen LogP contribution in [0.25, 0.3) is 11.4 Å². The second-order valence-corrected chi connectivity index (χ2v) is 10.6. The molecular weight excluding hydrogens is 509 g/mol. The van der Waals surface area contributed by atoms with Gasteiger partial charge in [0, 0.05) is 12.6 Å². The summed E-state index contributed by atoms with van der Waals surface area (Å²) in [5.74, 6) is -1.89. The minimum absolute atomic E-state index is 0.0111. The lowest BCUT2D eigenvalue weighted by molar-refractivity contribution is -0.145. The lowest BCUT2D eigenvalue weighted by Crippen LogP contribution is -2.47. The van der Waals surface area contributed by atoms with Crippen molar-refractivity contribution in [1.29, 1.82) is 5.26 Å². The molecule has 39 heavy (non-hydrogen) atoms. The summed E-state index contributed by atoms with van der Waals surface area (Å²) in [5.41, 5.74) is 6.04. The molecule has 0 radical (unpaired) electrons. The predicted molar refractivity (Wildman–Crippen MR) is 140 cm³/mol. The summed E-state index contributed by atoms with van der Waals surface area (Å²) in [6, 6.07) is 10.2. The van der Waals surface area contributed by atoms with Gasteiger partial charge in [0.15, 0.2) is 11.6 Å². The number of hydrogen-bond donors (Lipinski definition) is 2. The van der Waals surface area contributed by atoms with Crippen molar-refractivity contribution in [3.63, 3.8) is 0 Å². The number of nitrogens with zero attached hydrogens (tertiary/aromatic N) is 5. The zero-order valence-electron chi connectivity index (χ0n) is 22.4. The highest BCUT2D eigenvalue weighted by atomic mass is 19.1. The third-order valence-corrected chi connectivity index (χ3v) is 6.21. The Bertz CT molecular complexity index is 1350. The molecule has 3 atom stereocenters. The number of halogens is 3. The summed E-state index contributed by atoms with van der Waals surface area (Å²) in [6.07, 6.45) is -1.26. The highest BCUT2D eigenvalue weighted by Gasteiger charge is 2.40. The van der Waals surface area contributed by atoms with E-state index in [1.165, 1.54) is 16.5 Å². The second kappa shape index (κ2) is 12.4. The zero-order valence-corrected chi connectivity index (χ0v) is 22.4. The van der Waals surface area contributed by atoms with Crippen LogP contribution in [0.1, 0.15) is 57.1 Å². The van der Waals surface area contributed by atoms with Crippen LogP contribution in [0.2, 0.25) is 0 Å². The summed E-state index contributed by atoms with van der Waals surface area (Å²) >= 11 is 0. The van der Waals surface area contributed by atoms with Crippen LogP contribution in [0.5, 0.6) is 0 Å². The fourth-order valence-electron chi connectivity index (χ4n) is 4.35. The molecule has 0 aliphatic rings. The van der Waals surface area contributed by atoms with E-state index in [2.05, 4.69) is 16.2 Å². The van der Waals surface area contributed by atoms with Crippen molar-refractivity contribution >= 4 is 5.91 Å². The van der Waals surface area contributed by atoms with Crippen molar-refractivity contribution in [3.05, 3.63) is 71.1 Å². The topological polar surface area (TPSA) is 121 Å². The SMILES string of the molecule is C[C@H](O)C(=O)N(CC[C@H](N)CF)C(c1nc(-c2cc(F)ccc2F)nn1Cc1cccc(C#N)c1)C(C)(C)C. The van der Waals surface area contributed by atoms with E-state index < -0.39 is 47.8 Å². The largest absolute Gasteiger partial charge is 0.384 e. The number of carbonyl (C=O) groups is 1. The highest BCUT2D eigenvalue weighted by molar-refractivity contribution is 5.80. The maximum Gasteiger partial charge on any atom is 0.251 e. The Kier molecular flexibility index (Phi) is 9.48. The zero-order chi connectivity index (χ0) is 28.9. The Morgan fingerprint density at radius 3 is 2.56 bits per heavy atom. The second-order valence-electron chi connectivity index (χ2n) is 10.6. The minimum atomic E-state index is -1.37. The molecule has 0 saturated carbocycles. The number of nitriles is 1. The van der Waals surface area contributed by atoms with Crippen LogP contribution in [0, 0.1) is 28.4 Å². The van der Waals surface area contributed by atoms with Crippen molar-refractivity contribution in [2.45, 2.75) is 58.8 Å². The average molecular weight is 543 g/mol. The Labute approximate surface area is 225 Å². The monoisotopic (exact) mass is 542 g/mol. The molecule has 2 aromatic carbocycles. The average Bonchev–Trinajstić information content (AvgIpc) is 3.28. The van der Waals surface area contributed by atoms with Gasteiger partial charge in [-0.25, -0.2) is 22.8 Å². The van der Waals surface area contributed by atoms with Crippen molar-refractivity contribution in [1.82, 2.24) is 19.7 Å². The molecule has 3 N–H and O–H groups in total. The maximum absolute atomic E-state index is 14.8. The molecule has 0 saturated heterocycles. The molecule has 0 bridgehead atoms. The standard InChI is InChI=1S/C28H33F3N6O2/c1-17(38)27(39)36(11-10-21(33)14-29)24(28(2,3)4)26-34-25(22-13-20(30)8-9-23(22)31)35-37(26)16-19-7-5-6-18(12-19)15-32/h5-9,12-13,17,21,24,38H,10-11,14,16,33H2,1-4H3/t17-,21-,24?/m0/s1. The van der Waals surface area contributed by atoms with Gasteiger partial charge in [-0.15, -0.1) is 0 Å². The van der Waals surface area contributed by atoms with E-state index in [0.717, 1.165) is 18.2 Å². The summed E-state index contributed by atoms with van der Waals surface area (Å²) in [5, 5.41) is 24.1. The minimum Gasteiger partial charge on any atom is -0.384 e. The summed E-state index contributed by atoms with van der Waals surface area (Å²) in [6.45, 7) is 6.22. The molecule has 3 aromatic rings.